The Morgan fingerprint density at radius 3 is 2.67 bits per heavy atom. The molecule has 0 radical (unpaired) electrons. The van der Waals surface area contributed by atoms with Crippen molar-refractivity contribution in [2.75, 3.05) is 5.32 Å². The summed E-state index contributed by atoms with van der Waals surface area (Å²) in [6.07, 6.45) is 0. The Kier molecular flexibility index (Phi) is 2.36. The van der Waals surface area contributed by atoms with Crippen LogP contribution in [0.3, 0.4) is 0 Å². The van der Waals surface area contributed by atoms with Gasteiger partial charge in [0.2, 0.25) is 0 Å². The van der Waals surface area contributed by atoms with Gasteiger partial charge >= 0.3 is 0 Å². The highest BCUT2D eigenvalue weighted by Gasteiger charge is 2.14. The van der Waals surface area contributed by atoms with E-state index in [4.69, 9.17) is 0 Å². The summed E-state index contributed by atoms with van der Waals surface area (Å²) in [5, 5.41) is 3.44. The van der Waals surface area contributed by atoms with Gasteiger partial charge in [0.15, 0.2) is 0 Å². The normalized spacial score (nSPS) is 12.6. The topological polar surface area (TPSA) is 12.0 Å². The molecule has 1 aliphatic rings. The SMILES string of the molecule is Ic1ccc2c(c1)Sc1ccccc1N2. The first kappa shape index (κ1) is 9.54. The summed E-state index contributed by atoms with van der Waals surface area (Å²) in [5.74, 6) is 0. The van der Waals surface area contributed by atoms with Crippen molar-refractivity contribution in [3.8, 4) is 0 Å². The molecule has 1 heterocycles. The van der Waals surface area contributed by atoms with Crippen molar-refractivity contribution in [1.29, 1.82) is 0 Å². The fourth-order valence-corrected chi connectivity index (χ4v) is 3.34. The minimum Gasteiger partial charge on any atom is -0.354 e. The third-order valence-corrected chi connectivity index (χ3v) is 4.12. The molecular formula is C12H8INS. The standard InChI is InChI=1S/C12H8INS/c13-8-5-6-10-12(7-8)15-11-4-2-1-3-9(11)14-10/h1-7,14H. The van der Waals surface area contributed by atoms with Crippen molar-refractivity contribution in [3.05, 3.63) is 46.0 Å². The highest BCUT2D eigenvalue weighted by Crippen LogP contribution is 2.44. The maximum absolute atomic E-state index is 3.44. The summed E-state index contributed by atoms with van der Waals surface area (Å²) in [4.78, 5) is 2.60. The number of rotatable bonds is 0. The summed E-state index contributed by atoms with van der Waals surface area (Å²) in [6, 6.07) is 14.9. The number of para-hydroxylation sites is 1. The number of hydrogen-bond acceptors (Lipinski definition) is 2. The Morgan fingerprint density at radius 2 is 1.73 bits per heavy atom. The lowest BCUT2D eigenvalue weighted by molar-refractivity contribution is 1.31. The zero-order valence-corrected chi connectivity index (χ0v) is 10.8. The van der Waals surface area contributed by atoms with Crippen molar-refractivity contribution in [2.45, 2.75) is 9.79 Å². The van der Waals surface area contributed by atoms with Crippen molar-refractivity contribution in [2.24, 2.45) is 0 Å². The Labute approximate surface area is 106 Å². The average Bonchev–Trinajstić information content (AvgIpc) is 2.26. The van der Waals surface area contributed by atoms with E-state index in [0.717, 1.165) is 0 Å². The molecule has 3 heteroatoms. The van der Waals surface area contributed by atoms with Gasteiger partial charge in [-0.2, -0.15) is 0 Å². The second-order valence-electron chi connectivity index (χ2n) is 3.36. The average molecular weight is 325 g/mol. The quantitative estimate of drug-likeness (QED) is 0.611. The van der Waals surface area contributed by atoms with Crippen molar-refractivity contribution < 1.29 is 0 Å². The van der Waals surface area contributed by atoms with Crippen LogP contribution in [0.5, 0.6) is 0 Å². The molecule has 0 saturated carbocycles. The minimum atomic E-state index is 1.20. The van der Waals surface area contributed by atoms with Gasteiger partial charge in [0.1, 0.15) is 0 Å². The van der Waals surface area contributed by atoms with Crippen molar-refractivity contribution >= 4 is 45.7 Å². The molecule has 0 saturated heterocycles. The highest BCUT2D eigenvalue weighted by molar-refractivity contribution is 14.1. The predicted molar refractivity (Wildman–Crippen MR) is 73.0 cm³/mol. The van der Waals surface area contributed by atoms with Gasteiger partial charge < -0.3 is 5.32 Å². The van der Waals surface area contributed by atoms with Gasteiger partial charge in [0.25, 0.3) is 0 Å². The molecule has 0 amide bonds. The Bertz CT molecular complexity index is 525. The van der Waals surface area contributed by atoms with E-state index in [-0.39, 0.29) is 0 Å². The van der Waals surface area contributed by atoms with Gasteiger partial charge in [-0.3, -0.25) is 0 Å². The molecule has 2 aromatic rings. The summed E-state index contributed by atoms with van der Waals surface area (Å²) in [6.45, 7) is 0. The lowest BCUT2D eigenvalue weighted by Gasteiger charge is -2.20. The molecule has 3 rings (SSSR count). The van der Waals surface area contributed by atoms with E-state index in [1.54, 1.807) is 0 Å². The second-order valence-corrected chi connectivity index (χ2v) is 5.69. The fraction of sp³-hybridized carbons (Fsp3) is 0. The van der Waals surface area contributed by atoms with Crippen LogP contribution >= 0.6 is 34.4 Å². The number of anilines is 2. The van der Waals surface area contributed by atoms with E-state index < -0.39 is 0 Å². The Balaban J connectivity index is 2.11. The third-order valence-electron chi connectivity index (χ3n) is 2.32. The summed E-state index contributed by atoms with van der Waals surface area (Å²) >= 11 is 4.17. The Morgan fingerprint density at radius 1 is 0.933 bits per heavy atom. The molecule has 0 unspecified atom stereocenters. The molecule has 0 aromatic heterocycles. The number of benzene rings is 2. The molecule has 0 fully saturated rings. The largest absolute Gasteiger partial charge is 0.354 e. The van der Waals surface area contributed by atoms with Crippen LogP contribution in [-0.4, -0.2) is 0 Å². The van der Waals surface area contributed by atoms with Gasteiger partial charge in [0.05, 0.1) is 11.4 Å². The lowest BCUT2D eigenvalue weighted by atomic mass is 10.2. The van der Waals surface area contributed by atoms with Gasteiger partial charge in [-0.25, -0.2) is 0 Å². The molecule has 15 heavy (non-hydrogen) atoms. The van der Waals surface area contributed by atoms with E-state index in [2.05, 4.69) is 70.4 Å². The minimum absolute atomic E-state index is 1.20. The fourth-order valence-electron chi connectivity index (χ4n) is 1.61. The van der Waals surface area contributed by atoms with Gasteiger partial charge in [0, 0.05) is 13.4 Å². The van der Waals surface area contributed by atoms with E-state index in [1.165, 1.54) is 24.7 Å². The zero-order chi connectivity index (χ0) is 10.3. The van der Waals surface area contributed by atoms with Crippen LogP contribution in [0.25, 0.3) is 0 Å². The van der Waals surface area contributed by atoms with Gasteiger partial charge in [-0.1, -0.05) is 23.9 Å². The zero-order valence-electron chi connectivity index (χ0n) is 7.83. The van der Waals surface area contributed by atoms with Crippen LogP contribution in [0.1, 0.15) is 0 Å². The van der Waals surface area contributed by atoms with Gasteiger partial charge in [-0.05, 0) is 52.9 Å². The van der Waals surface area contributed by atoms with Crippen LogP contribution in [-0.2, 0) is 0 Å². The van der Waals surface area contributed by atoms with Crippen LogP contribution in [0.15, 0.2) is 52.3 Å². The second kappa shape index (κ2) is 3.72. The summed E-state index contributed by atoms with van der Waals surface area (Å²) in [7, 11) is 0. The van der Waals surface area contributed by atoms with Crippen molar-refractivity contribution in [1.82, 2.24) is 0 Å². The highest BCUT2D eigenvalue weighted by atomic mass is 127. The molecule has 1 nitrogen and oxygen atoms in total. The summed E-state index contributed by atoms with van der Waals surface area (Å²) < 4.78 is 1.28. The van der Waals surface area contributed by atoms with Crippen LogP contribution in [0.4, 0.5) is 11.4 Å². The molecule has 2 aromatic carbocycles. The molecule has 0 aliphatic carbocycles. The molecule has 0 atom stereocenters. The molecular weight excluding hydrogens is 317 g/mol. The summed E-state index contributed by atoms with van der Waals surface area (Å²) in [5.41, 5.74) is 2.41. The third kappa shape index (κ3) is 1.74. The maximum atomic E-state index is 3.44. The lowest BCUT2D eigenvalue weighted by Crippen LogP contribution is -1.99. The van der Waals surface area contributed by atoms with Crippen LogP contribution in [0, 0.1) is 3.57 Å². The number of nitrogens with one attached hydrogen (secondary N) is 1. The number of halogens is 1. The first-order valence-electron chi connectivity index (χ1n) is 4.66. The molecule has 0 bridgehead atoms. The first-order chi connectivity index (χ1) is 7.33. The molecule has 0 spiro atoms. The van der Waals surface area contributed by atoms with Crippen LogP contribution < -0.4 is 5.32 Å². The van der Waals surface area contributed by atoms with E-state index >= 15 is 0 Å². The molecule has 74 valence electrons. The van der Waals surface area contributed by atoms with E-state index in [1.807, 2.05) is 11.8 Å². The smallest absolute Gasteiger partial charge is 0.0527 e. The number of hydrogen-bond donors (Lipinski definition) is 1. The maximum Gasteiger partial charge on any atom is 0.0527 e. The number of fused-ring (bicyclic) bond motifs is 2. The Hall–Kier alpha value is -0.680. The molecule has 1 N–H and O–H groups in total. The van der Waals surface area contributed by atoms with Crippen LogP contribution in [0.2, 0.25) is 0 Å². The monoisotopic (exact) mass is 325 g/mol. The van der Waals surface area contributed by atoms with E-state index in [0.29, 0.717) is 0 Å². The van der Waals surface area contributed by atoms with Crippen molar-refractivity contribution in [3.63, 3.8) is 0 Å². The van der Waals surface area contributed by atoms with E-state index in [9.17, 15) is 0 Å². The predicted octanol–water partition coefficient (Wildman–Crippen LogP) is 4.50. The van der Waals surface area contributed by atoms with Gasteiger partial charge in [-0.15, -0.1) is 0 Å². The molecule has 1 aliphatic heterocycles. The first-order valence-corrected chi connectivity index (χ1v) is 6.56.